The highest BCUT2D eigenvalue weighted by molar-refractivity contribution is 5.23. The van der Waals surface area contributed by atoms with Crippen LogP contribution in [0.1, 0.15) is 30.9 Å². The van der Waals surface area contributed by atoms with Crippen LogP contribution in [-0.4, -0.2) is 5.11 Å². The van der Waals surface area contributed by atoms with Gasteiger partial charge in [0.1, 0.15) is 0 Å². The van der Waals surface area contributed by atoms with Crippen molar-refractivity contribution in [2.45, 2.75) is 31.8 Å². The lowest BCUT2D eigenvalue weighted by atomic mass is 9.85. The van der Waals surface area contributed by atoms with Crippen molar-refractivity contribution in [3.63, 3.8) is 0 Å². The normalized spacial score (nSPS) is 14.1. The second-order valence-corrected chi connectivity index (χ2v) is 4.74. The molecule has 0 saturated carbocycles. The minimum atomic E-state index is -0.711. The second-order valence-electron chi connectivity index (χ2n) is 4.74. The molecule has 0 heterocycles. The van der Waals surface area contributed by atoms with E-state index in [0.717, 1.165) is 24.8 Å². The summed E-state index contributed by atoms with van der Waals surface area (Å²) in [5.41, 5.74) is 1.58. The molecule has 1 nitrogen and oxygen atoms in total. The lowest BCUT2D eigenvalue weighted by molar-refractivity contribution is 0.0236. The van der Waals surface area contributed by atoms with Crippen LogP contribution in [0.25, 0.3) is 0 Å². The number of aliphatic hydroxyl groups is 1. The summed E-state index contributed by atoms with van der Waals surface area (Å²) in [6.45, 7) is 2.04. The molecule has 0 aliphatic carbocycles. The third-order valence-electron chi connectivity index (χ3n) is 3.57. The van der Waals surface area contributed by atoms with E-state index in [4.69, 9.17) is 0 Å². The van der Waals surface area contributed by atoms with E-state index in [1.54, 1.807) is 0 Å². The van der Waals surface area contributed by atoms with Gasteiger partial charge >= 0.3 is 0 Å². The van der Waals surface area contributed by atoms with Crippen LogP contribution in [0.5, 0.6) is 0 Å². The third kappa shape index (κ3) is 2.99. The molecule has 0 aromatic heterocycles. The van der Waals surface area contributed by atoms with Crippen LogP contribution < -0.4 is 0 Å². The standard InChI is InChI=1S/C17H20O/c1-2-17(18,16-11-7-4-8-12-16)14-13-15-9-5-3-6-10-15/h3-12,18H,2,13-14H2,1H3. The van der Waals surface area contributed by atoms with Crippen LogP contribution in [0.15, 0.2) is 60.7 Å². The predicted molar refractivity (Wildman–Crippen MR) is 75.4 cm³/mol. The van der Waals surface area contributed by atoms with Gasteiger partial charge in [0.25, 0.3) is 0 Å². The fourth-order valence-electron chi connectivity index (χ4n) is 2.27. The van der Waals surface area contributed by atoms with Gasteiger partial charge in [0.15, 0.2) is 0 Å². The lowest BCUT2D eigenvalue weighted by Gasteiger charge is -2.27. The van der Waals surface area contributed by atoms with Crippen molar-refractivity contribution < 1.29 is 5.11 Å². The van der Waals surface area contributed by atoms with Crippen molar-refractivity contribution >= 4 is 0 Å². The Balaban J connectivity index is 2.10. The fraction of sp³-hybridized carbons (Fsp3) is 0.294. The van der Waals surface area contributed by atoms with Crippen molar-refractivity contribution in [2.24, 2.45) is 0 Å². The van der Waals surface area contributed by atoms with Gasteiger partial charge in [0.05, 0.1) is 5.60 Å². The van der Waals surface area contributed by atoms with E-state index >= 15 is 0 Å². The molecule has 18 heavy (non-hydrogen) atoms. The maximum Gasteiger partial charge on any atom is 0.0897 e. The quantitative estimate of drug-likeness (QED) is 0.840. The first-order valence-corrected chi connectivity index (χ1v) is 6.56. The monoisotopic (exact) mass is 240 g/mol. The summed E-state index contributed by atoms with van der Waals surface area (Å²) in [6.07, 6.45) is 2.40. The van der Waals surface area contributed by atoms with Crippen LogP contribution >= 0.6 is 0 Å². The molecular formula is C17H20O. The molecule has 1 unspecified atom stereocenters. The van der Waals surface area contributed by atoms with Gasteiger partial charge in [0, 0.05) is 0 Å². The minimum absolute atomic E-state index is 0.711. The SMILES string of the molecule is CCC(O)(CCc1ccccc1)c1ccccc1. The number of aryl methyl sites for hydroxylation is 1. The predicted octanol–water partition coefficient (Wildman–Crippen LogP) is 3.92. The summed E-state index contributed by atoms with van der Waals surface area (Å²) in [7, 11) is 0. The Morgan fingerprint density at radius 1 is 0.889 bits per heavy atom. The third-order valence-corrected chi connectivity index (χ3v) is 3.57. The highest BCUT2D eigenvalue weighted by atomic mass is 16.3. The minimum Gasteiger partial charge on any atom is -0.385 e. The number of hydrogen-bond donors (Lipinski definition) is 1. The van der Waals surface area contributed by atoms with E-state index in [1.165, 1.54) is 5.56 Å². The molecule has 0 aliphatic heterocycles. The van der Waals surface area contributed by atoms with E-state index in [2.05, 4.69) is 12.1 Å². The first-order valence-electron chi connectivity index (χ1n) is 6.56. The van der Waals surface area contributed by atoms with Gasteiger partial charge in [-0.2, -0.15) is 0 Å². The topological polar surface area (TPSA) is 20.2 Å². The average molecular weight is 240 g/mol. The highest BCUT2D eigenvalue weighted by Gasteiger charge is 2.26. The summed E-state index contributed by atoms with van der Waals surface area (Å²) in [4.78, 5) is 0. The zero-order valence-electron chi connectivity index (χ0n) is 10.8. The molecule has 2 rings (SSSR count). The zero-order valence-corrected chi connectivity index (χ0v) is 10.8. The van der Waals surface area contributed by atoms with Crippen LogP contribution in [0, 0.1) is 0 Å². The van der Waals surface area contributed by atoms with Crippen molar-refractivity contribution in [2.75, 3.05) is 0 Å². The average Bonchev–Trinajstić information content (AvgIpc) is 2.47. The van der Waals surface area contributed by atoms with E-state index in [0.29, 0.717) is 0 Å². The first kappa shape index (κ1) is 12.8. The van der Waals surface area contributed by atoms with Gasteiger partial charge in [-0.25, -0.2) is 0 Å². The molecule has 0 amide bonds. The van der Waals surface area contributed by atoms with Gasteiger partial charge in [-0.1, -0.05) is 67.6 Å². The van der Waals surface area contributed by atoms with E-state index in [1.807, 2.05) is 55.5 Å². The number of hydrogen-bond acceptors (Lipinski definition) is 1. The van der Waals surface area contributed by atoms with E-state index < -0.39 is 5.60 Å². The Labute approximate surface area is 109 Å². The van der Waals surface area contributed by atoms with Gasteiger partial charge in [-0.05, 0) is 30.4 Å². The molecule has 0 aliphatic rings. The summed E-state index contributed by atoms with van der Waals surface area (Å²) in [5, 5.41) is 10.8. The highest BCUT2D eigenvalue weighted by Crippen LogP contribution is 2.29. The molecule has 1 atom stereocenters. The van der Waals surface area contributed by atoms with Crippen molar-refractivity contribution in [1.82, 2.24) is 0 Å². The second kappa shape index (κ2) is 5.83. The molecule has 0 radical (unpaired) electrons. The maximum atomic E-state index is 10.8. The molecule has 0 saturated heterocycles. The Morgan fingerprint density at radius 3 is 2.00 bits per heavy atom. The molecule has 0 fully saturated rings. The number of rotatable bonds is 5. The van der Waals surface area contributed by atoms with E-state index in [9.17, 15) is 5.11 Å². The van der Waals surface area contributed by atoms with Gasteiger partial charge in [0.2, 0.25) is 0 Å². The summed E-state index contributed by atoms with van der Waals surface area (Å²) in [6, 6.07) is 20.3. The molecule has 0 bridgehead atoms. The molecule has 2 aromatic rings. The molecule has 94 valence electrons. The Kier molecular flexibility index (Phi) is 4.16. The maximum absolute atomic E-state index is 10.8. The summed E-state index contributed by atoms with van der Waals surface area (Å²) < 4.78 is 0. The molecule has 1 N–H and O–H groups in total. The fourth-order valence-corrected chi connectivity index (χ4v) is 2.27. The van der Waals surface area contributed by atoms with Crippen molar-refractivity contribution in [3.05, 3.63) is 71.8 Å². The van der Waals surface area contributed by atoms with Gasteiger partial charge in [-0.15, -0.1) is 0 Å². The molecule has 1 heteroatoms. The van der Waals surface area contributed by atoms with Gasteiger partial charge in [-0.3, -0.25) is 0 Å². The zero-order chi connectivity index (χ0) is 12.8. The Bertz CT molecular complexity index is 463. The molecular weight excluding hydrogens is 220 g/mol. The lowest BCUT2D eigenvalue weighted by Crippen LogP contribution is -2.25. The number of benzene rings is 2. The largest absolute Gasteiger partial charge is 0.385 e. The Morgan fingerprint density at radius 2 is 1.44 bits per heavy atom. The van der Waals surface area contributed by atoms with Crippen LogP contribution in [0.3, 0.4) is 0 Å². The van der Waals surface area contributed by atoms with Crippen LogP contribution in [-0.2, 0) is 12.0 Å². The summed E-state index contributed by atoms with van der Waals surface area (Å²) >= 11 is 0. The van der Waals surface area contributed by atoms with Gasteiger partial charge < -0.3 is 5.11 Å². The smallest absolute Gasteiger partial charge is 0.0897 e. The van der Waals surface area contributed by atoms with Crippen LogP contribution in [0.4, 0.5) is 0 Å². The Hall–Kier alpha value is -1.60. The van der Waals surface area contributed by atoms with Crippen molar-refractivity contribution in [1.29, 1.82) is 0 Å². The molecule has 2 aromatic carbocycles. The van der Waals surface area contributed by atoms with E-state index in [-0.39, 0.29) is 0 Å². The first-order chi connectivity index (χ1) is 8.74. The van der Waals surface area contributed by atoms with Crippen molar-refractivity contribution in [3.8, 4) is 0 Å². The molecule has 0 spiro atoms. The van der Waals surface area contributed by atoms with Crippen LogP contribution in [0.2, 0.25) is 0 Å². The summed E-state index contributed by atoms with van der Waals surface area (Å²) in [5.74, 6) is 0.